The molecule has 0 aromatic heterocycles. The highest BCUT2D eigenvalue weighted by atomic mass is 16.2. The summed E-state index contributed by atoms with van der Waals surface area (Å²) in [5, 5.41) is 2.73. The highest BCUT2D eigenvalue weighted by molar-refractivity contribution is 5.89. The summed E-state index contributed by atoms with van der Waals surface area (Å²) >= 11 is 0. The SMILES string of the molecule is NC(=O)[CH]CC(=O)NC1CC1. The maximum absolute atomic E-state index is 10.8. The minimum atomic E-state index is -0.545. The molecule has 0 unspecified atom stereocenters. The van der Waals surface area contributed by atoms with Gasteiger partial charge in [0.2, 0.25) is 11.8 Å². The molecule has 1 aliphatic carbocycles. The molecule has 1 rings (SSSR count). The minimum absolute atomic E-state index is 0.103. The van der Waals surface area contributed by atoms with E-state index in [4.69, 9.17) is 5.73 Å². The second-order valence-corrected chi connectivity index (χ2v) is 2.65. The van der Waals surface area contributed by atoms with Crippen LogP contribution in [0.3, 0.4) is 0 Å². The predicted molar refractivity (Wildman–Crippen MR) is 39.3 cm³/mol. The van der Waals surface area contributed by atoms with Crippen molar-refractivity contribution in [2.75, 3.05) is 0 Å². The zero-order valence-corrected chi connectivity index (χ0v) is 6.17. The maximum Gasteiger partial charge on any atom is 0.221 e. The lowest BCUT2D eigenvalue weighted by molar-refractivity contribution is -0.122. The zero-order chi connectivity index (χ0) is 8.27. The molecule has 61 valence electrons. The molecule has 0 bridgehead atoms. The molecule has 0 aliphatic heterocycles. The summed E-state index contributed by atoms with van der Waals surface area (Å²) < 4.78 is 0. The lowest BCUT2D eigenvalue weighted by Gasteiger charge is -1.99. The Morgan fingerprint density at radius 3 is 2.64 bits per heavy atom. The Morgan fingerprint density at radius 2 is 2.18 bits per heavy atom. The molecule has 1 aliphatic rings. The Bertz CT molecular complexity index is 175. The number of primary amides is 1. The standard InChI is InChI=1S/C7H11N2O2/c8-6(10)3-4-7(11)9-5-1-2-5/h3,5H,1-2,4H2,(H2,8,10)(H,9,11). The summed E-state index contributed by atoms with van der Waals surface area (Å²) in [6.45, 7) is 0. The van der Waals surface area contributed by atoms with E-state index in [0.29, 0.717) is 6.04 Å². The van der Waals surface area contributed by atoms with Crippen molar-refractivity contribution >= 4 is 11.8 Å². The first-order valence-corrected chi connectivity index (χ1v) is 3.60. The van der Waals surface area contributed by atoms with Gasteiger partial charge >= 0.3 is 0 Å². The van der Waals surface area contributed by atoms with E-state index in [1.807, 2.05) is 0 Å². The fraction of sp³-hybridized carbons (Fsp3) is 0.571. The van der Waals surface area contributed by atoms with Gasteiger partial charge in [-0.1, -0.05) is 0 Å². The third-order valence-corrected chi connectivity index (χ3v) is 1.43. The first-order chi connectivity index (χ1) is 5.18. The fourth-order valence-electron chi connectivity index (χ4n) is 0.708. The molecule has 2 amide bonds. The summed E-state index contributed by atoms with van der Waals surface area (Å²) in [4.78, 5) is 21.0. The molecular weight excluding hydrogens is 144 g/mol. The molecular formula is C7H11N2O2. The molecule has 0 aromatic carbocycles. The van der Waals surface area contributed by atoms with Crippen molar-refractivity contribution in [2.24, 2.45) is 5.73 Å². The van der Waals surface area contributed by atoms with Crippen molar-refractivity contribution < 1.29 is 9.59 Å². The quantitative estimate of drug-likeness (QED) is 0.566. The normalized spacial score (nSPS) is 16.0. The largest absolute Gasteiger partial charge is 0.369 e. The van der Waals surface area contributed by atoms with E-state index >= 15 is 0 Å². The van der Waals surface area contributed by atoms with Gasteiger partial charge < -0.3 is 11.1 Å². The molecule has 4 nitrogen and oxygen atoms in total. The minimum Gasteiger partial charge on any atom is -0.369 e. The third-order valence-electron chi connectivity index (χ3n) is 1.43. The molecule has 1 saturated carbocycles. The van der Waals surface area contributed by atoms with Gasteiger partial charge in [-0.15, -0.1) is 0 Å². The monoisotopic (exact) mass is 155 g/mol. The molecule has 11 heavy (non-hydrogen) atoms. The van der Waals surface area contributed by atoms with Crippen LogP contribution in [0.2, 0.25) is 0 Å². The van der Waals surface area contributed by atoms with Crippen molar-refractivity contribution in [2.45, 2.75) is 25.3 Å². The van der Waals surface area contributed by atoms with Crippen molar-refractivity contribution in [1.29, 1.82) is 0 Å². The van der Waals surface area contributed by atoms with E-state index in [-0.39, 0.29) is 12.3 Å². The van der Waals surface area contributed by atoms with Gasteiger partial charge in [-0.3, -0.25) is 9.59 Å². The molecule has 0 spiro atoms. The van der Waals surface area contributed by atoms with Crippen LogP contribution >= 0.6 is 0 Å². The highest BCUT2D eigenvalue weighted by Gasteiger charge is 2.22. The van der Waals surface area contributed by atoms with Gasteiger partial charge in [-0.05, 0) is 12.8 Å². The summed E-state index contributed by atoms with van der Waals surface area (Å²) in [5.74, 6) is -0.665. The molecule has 0 atom stereocenters. The molecule has 3 N–H and O–H groups in total. The number of carbonyl (C=O) groups is 2. The fourth-order valence-corrected chi connectivity index (χ4v) is 0.708. The van der Waals surface area contributed by atoms with Gasteiger partial charge in [-0.25, -0.2) is 0 Å². The summed E-state index contributed by atoms with van der Waals surface area (Å²) in [5.41, 5.74) is 4.81. The van der Waals surface area contributed by atoms with Gasteiger partial charge in [0.25, 0.3) is 0 Å². The van der Waals surface area contributed by atoms with Crippen LogP contribution in [0.5, 0.6) is 0 Å². The van der Waals surface area contributed by atoms with Crippen molar-refractivity contribution in [1.82, 2.24) is 5.32 Å². The Balaban J connectivity index is 2.04. The van der Waals surface area contributed by atoms with E-state index in [1.54, 1.807) is 0 Å². The Morgan fingerprint density at radius 1 is 1.55 bits per heavy atom. The van der Waals surface area contributed by atoms with E-state index in [0.717, 1.165) is 12.8 Å². The number of hydrogen-bond acceptors (Lipinski definition) is 2. The van der Waals surface area contributed by atoms with Crippen molar-refractivity contribution in [3.05, 3.63) is 6.42 Å². The lowest BCUT2D eigenvalue weighted by atomic mass is 10.3. The topological polar surface area (TPSA) is 72.2 Å². The molecule has 0 aromatic rings. The van der Waals surface area contributed by atoms with Gasteiger partial charge in [0, 0.05) is 12.5 Å². The molecule has 0 heterocycles. The van der Waals surface area contributed by atoms with Crippen LogP contribution in [0.4, 0.5) is 0 Å². The first kappa shape index (κ1) is 8.04. The summed E-state index contributed by atoms with van der Waals surface area (Å²) in [6.07, 6.45) is 3.40. The smallest absolute Gasteiger partial charge is 0.221 e. The highest BCUT2D eigenvalue weighted by Crippen LogP contribution is 2.18. The van der Waals surface area contributed by atoms with Gasteiger partial charge in [-0.2, -0.15) is 0 Å². The molecule has 1 fully saturated rings. The van der Waals surface area contributed by atoms with Crippen LogP contribution in [-0.4, -0.2) is 17.9 Å². The number of amides is 2. The average molecular weight is 155 g/mol. The third kappa shape index (κ3) is 3.60. The van der Waals surface area contributed by atoms with Gasteiger partial charge in [0.05, 0.1) is 6.42 Å². The van der Waals surface area contributed by atoms with Crippen LogP contribution in [0, 0.1) is 6.42 Å². The first-order valence-electron chi connectivity index (χ1n) is 3.60. The summed E-state index contributed by atoms with van der Waals surface area (Å²) in [7, 11) is 0. The number of carbonyl (C=O) groups excluding carboxylic acids is 2. The Hall–Kier alpha value is -1.06. The second-order valence-electron chi connectivity index (χ2n) is 2.65. The van der Waals surface area contributed by atoms with E-state index < -0.39 is 5.91 Å². The van der Waals surface area contributed by atoms with Crippen molar-refractivity contribution in [3.63, 3.8) is 0 Å². The Labute approximate surface area is 65.1 Å². The van der Waals surface area contributed by atoms with E-state index in [9.17, 15) is 9.59 Å². The molecule has 0 saturated heterocycles. The van der Waals surface area contributed by atoms with Crippen LogP contribution < -0.4 is 11.1 Å². The number of rotatable bonds is 4. The van der Waals surface area contributed by atoms with E-state index in [1.165, 1.54) is 6.42 Å². The Kier molecular flexibility index (Phi) is 2.46. The molecule has 1 radical (unpaired) electrons. The lowest BCUT2D eigenvalue weighted by Crippen LogP contribution is -2.26. The number of nitrogens with two attached hydrogens (primary N) is 1. The maximum atomic E-state index is 10.8. The average Bonchev–Trinajstić information content (AvgIpc) is 2.67. The zero-order valence-electron chi connectivity index (χ0n) is 6.17. The van der Waals surface area contributed by atoms with Crippen LogP contribution in [-0.2, 0) is 9.59 Å². The second kappa shape index (κ2) is 3.37. The van der Waals surface area contributed by atoms with Crippen molar-refractivity contribution in [3.8, 4) is 0 Å². The van der Waals surface area contributed by atoms with Crippen LogP contribution in [0.15, 0.2) is 0 Å². The molecule has 4 heteroatoms. The predicted octanol–water partition coefficient (Wildman–Crippen LogP) is -0.655. The van der Waals surface area contributed by atoms with Crippen LogP contribution in [0.1, 0.15) is 19.3 Å². The number of hydrogen-bond donors (Lipinski definition) is 2. The van der Waals surface area contributed by atoms with E-state index in [2.05, 4.69) is 5.32 Å². The van der Waals surface area contributed by atoms with Gasteiger partial charge in [0.1, 0.15) is 0 Å². The number of nitrogens with one attached hydrogen (secondary N) is 1. The van der Waals surface area contributed by atoms with Gasteiger partial charge in [0.15, 0.2) is 0 Å². The summed E-state index contributed by atoms with van der Waals surface area (Å²) in [6, 6.07) is 0.351. The van der Waals surface area contributed by atoms with Crippen LogP contribution in [0.25, 0.3) is 0 Å².